The first-order valence-electron chi connectivity index (χ1n) is 6.67. The van der Waals surface area contributed by atoms with Gasteiger partial charge in [0.15, 0.2) is 0 Å². The monoisotopic (exact) mass is 289 g/mol. The number of halogens is 3. The summed E-state index contributed by atoms with van der Waals surface area (Å²) in [5.74, 6) is -0.596. The summed E-state index contributed by atoms with van der Waals surface area (Å²) in [7, 11) is 0. The fourth-order valence-electron chi connectivity index (χ4n) is 2.85. The van der Waals surface area contributed by atoms with E-state index in [1.807, 2.05) is 0 Å². The third-order valence-corrected chi connectivity index (χ3v) is 3.52. The molecule has 0 fully saturated rings. The smallest absolute Gasteiger partial charge is 0.418 e. The summed E-state index contributed by atoms with van der Waals surface area (Å²) in [6.07, 6.45) is -3.77. The fraction of sp³-hybridized carbons (Fsp3) is 0.643. The SMILES string of the molecule is CC(=O)OC1CCn2c(cc(C(F)(F)F)c2C(C)C)C1. The molecule has 0 bridgehead atoms. The van der Waals surface area contributed by atoms with Crippen molar-refractivity contribution in [3.63, 3.8) is 0 Å². The average molecular weight is 289 g/mol. The first-order valence-corrected chi connectivity index (χ1v) is 6.67. The second-order valence-electron chi connectivity index (χ2n) is 5.46. The summed E-state index contributed by atoms with van der Waals surface area (Å²) in [6.45, 7) is 5.29. The molecule has 3 nitrogen and oxygen atoms in total. The van der Waals surface area contributed by atoms with Gasteiger partial charge in [-0.15, -0.1) is 0 Å². The van der Waals surface area contributed by atoms with Crippen LogP contribution in [0.25, 0.3) is 0 Å². The standard InChI is InChI=1S/C14H18F3NO2/c1-8(2)13-12(14(15,16)17)7-10-6-11(20-9(3)19)4-5-18(10)13/h7-8,11H,4-6H2,1-3H3. The zero-order valence-electron chi connectivity index (χ0n) is 11.8. The van der Waals surface area contributed by atoms with Gasteiger partial charge in [0.1, 0.15) is 6.10 Å². The highest BCUT2D eigenvalue weighted by atomic mass is 19.4. The van der Waals surface area contributed by atoms with Crippen molar-refractivity contribution in [2.24, 2.45) is 0 Å². The summed E-state index contributed by atoms with van der Waals surface area (Å²) >= 11 is 0. The van der Waals surface area contributed by atoms with Crippen molar-refractivity contribution in [2.75, 3.05) is 0 Å². The van der Waals surface area contributed by atoms with Crippen molar-refractivity contribution in [3.8, 4) is 0 Å². The number of ether oxygens (including phenoxy) is 1. The van der Waals surface area contributed by atoms with Crippen molar-refractivity contribution in [3.05, 3.63) is 23.0 Å². The molecule has 112 valence electrons. The molecule has 0 saturated heterocycles. The number of hydrogen-bond acceptors (Lipinski definition) is 2. The highest BCUT2D eigenvalue weighted by Crippen LogP contribution is 2.39. The van der Waals surface area contributed by atoms with Crippen LogP contribution in [0.1, 0.15) is 50.1 Å². The first-order chi connectivity index (χ1) is 9.20. The van der Waals surface area contributed by atoms with Crippen LogP contribution in [0.3, 0.4) is 0 Å². The van der Waals surface area contributed by atoms with Crippen molar-refractivity contribution >= 4 is 5.97 Å². The van der Waals surface area contributed by atoms with Gasteiger partial charge in [-0.3, -0.25) is 4.79 Å². The van der Waals surface area contributed by atoms with Gasteiger partial charge >= 0.3 is 12.1 Å². The van der Waals surface area contributed by atoms with E-state index in [9.17, 15) is 18.0 Å². The number of fused-ring (bicyclic) bond motifs is 1. The largest absolute Gasteiger partial charge is 0.462 e. The Morgan fingerprint density at radius 2 is 2.10 bits per heavy atom. The second-order valence-corrected chi connectivity index (χ2v) is 5.46. The quantitative estimate of drug-likeness (QED) is 0.780. The Morgan fingerprint density at radius 3 is 2.60 bits per heavy atom. The fourth-order valence-corrected chi connectivity index (χ4v) is 2.85. The minimum Gasteiger partial charge on any atom is -0.462 e. The van der Waals surface area contributed by atoms with E-state index < -0.39 is 17.7 Å². The number of carbonyl (C=O) groups is 1. The van der Waals surface area contributed by atoms with Gasteiger partial charge in [-0.25, -0.2) is 0 Å². The molecule has 1 aromatic heterocycles. The summed E-state index contributed by atoms with van der Waals surface area (Å²) in [5.41, 5.74) is 0.360. The molecule has 20 heavy (non-hydrogen) atoms. The Balaban J connectivity index is 2.37. The van der Waals surface area contributed by atoms with Crippen molar-refractivity contribution in [1.29, 1.82) is 0 Å². The highest BCUT2D eigenvalue weighted by Gasteiger charge is 2.38. The molecule has 0 amide bonds. The maximum Gasteiger partial charge on any atom is 0.418 e. The van der Waals surface area contributed by atoms with E-state index in [-0.39, 0.29) is 12.0 Å². The zero-order chi connectivity index (χ0) is 15.1. The van der Waals surface area contributed by atoms with Crippen LogP contribution in [0, 0.1) is 0 Å². The maximum absolute atomic E-state index is 13.1. The number of alkyl halides is 3. The Hall–Kier alpha value is -1.46. The number of carbonyl (C=O) groups excluding carboxylic acids is 1. The topological polar surface area (TPSA) is 31.2 Å². The molecule has 1 aliphatic heterocycles. The van der Waals surface area contributed by atoms with Crippen LogP contribution in [0.4, 0.5) is 13.2 Å². The Kier molecular flexibility index (Phi) is 3.84. The second kappa shape index (κ2) is 5.14. The van der Waals surface area contributed by atoms with Gasteiger partial charge in [-0.05, 0) is 12.0 Å². The third kappa shape index (κ3) is 2.83. The number of hydrogen-bond donors (Lipinski definition) is 0. The molecule has 0 radical (unpaired) electrons. The first kappa shape index (κ1) is 14.9. The van der Waals surface area contributed by atoms with Crippen LogP contribution in [-0.4, -0.2) is 16.6 Å². The van der Waals surface area contributed by atoms with Crippen molar-refractivity contribution in [2.45, 2.75) is 58.4 Å². The number of rotatable bonds is 2. The lowest BCUT2D eigenvalue weighted by Crippen LogP contribution is -2.28. The molecule has 1 atom stereocenters. The molecule has 2 rings (SSSR count). The number of nitrogens with zero attached hydrogens (tertiary/aromatic N) is 1. The predicted molar refractivity (Wildman–Crippen MR) is 67.4 cm³/mol. The number of esters is 1. The average Bonchev–Trinajstić information content (AvgIpc) is 2.66. The summed E-state index contributed by atoms with van der Waals surface area (Å²) in [4.78, 5) is 11.0. The van der Waals surface area contributed by atoms with Gasteiger partial charge < -0.3 is 9.30 Å². The van der Waals surface area contributed by atoms with Gasteiger partial charge in [0.2, 0.25) is 0 Å². The van der Waals surface area contributed by atoms with E-state index in [0.717, 1.165) is 0 Å². The van der Waals surface area contributed by atoms with Gasteiger partial charge in [0.25, 0.3) is 0 Å². The van der Waals surface area contributed by atoms with Crippen LogP contribution >= 0.6 is 0 Å². The minimum absolute atomic E-state index is 0.203. The molecule has 0 aliphatic carbocycles. The van der Waals surface area contributed by atoms with Gasteiger partial charge in [-0.2, -0.15) is 13.2 Å². The molecular weight excluding hydrogens is 271 g/mol. The lowest BCUT2D eigenvalue weighted by atomic mass is 10.1. The van der Waals surface area contributed by atoms with E-state index in [2.05, 4.69) is 0 Å². The molecule has 2 heterocycles. The van der Waals surface area contributed by atoms with E-state index in [0.29, 0.717) is 30.8 Å². The van der Waals surface area contributed by atoms with Gasteiger partial charge in [-0.1, -0.05) is 13.8 Å². The molecule has 0 aromatic carbocycles. The van der Waals surface area contributed by atoms with Gasteiger partial charge in [0, 0.05) is 37.7 Å². The molecule has 1 aliphatic rings. The van der Waals surface area contributed by atoms with Crippen LogP contribution in [-0.2, 0) is 28.7 Å². The van der Waals surface area contributed by atoms with E-state index in [4.69, 9.17) is 4.74 Å². The van der Waals surface area contributed by atoms with Gasteiger partial charge in [0.05, 0.1) is 5.56 Å². The molecule has 6 heteroatoms. The van der Waals surface area contributed by atoms with Crippen LogP contribution in [0.15, 0.2) is 6.07 Å². The predicted octanol–water partition coefficient (Wildman–Crippen LogP) is 3.51. The van der Waals surface area contributed by atoms with Crippen LogP contribution in [0.5, 0.6) is 0 Å². The van der Waals surface area contributed by atoms with E-state index in [1.54, 1.807) is 18.4 Å². The summed E-state index contributed by atoms with van der Waals surface area (Å²) < 4.78 is 46.2. The lowest BCUT2D eigenvalue weighted by molar-refractivity contribution is -0.147. The summed E-state index contributed by atoms with van der Waals surface area (Å²) in [5, 5.41) is 0. The highest BCUT2D eigenvalue weighted by molar-refractivity contribution is 5.66. The van der Waals surface area contributed by atoms with Crippen LogP contribution in [0.2, 0.25) is 0 Å². The Morgan fingerprint density at radius 1 is 1.45 bits per heavy atom. The Labute approximate surface area is 115 Å². The molecule has 1 aromatic rings. The number of aromatic nitrogens is 1. The van der Waals surface area contributed by atoms with E-state index in [1.165, 1.54) is 13.0 Å². The molecular formula is C14H18F3NO2. The van der Waals surface area contributed by atoms with Crippen LogP contribution < -0.4 is 0 Å². The molecule has 0 N–H and O–H groups in total. The van der Waals surface area contributed by atoms with E-state index >= 15 is 0 Å². The molecule has 1 unspecified atom stereocenters. The summed E-state index contributed by atoms with van der Waals surface area (Å²) in [6, 6.07) is 1.20. The maximum atomic E-state index is 13.1. The molecule has 0 spiro atoms. The molecule has 0 saturated carbocycles. The Bertz CT molecular complexity index is 517. The minimum atomic E-state index is -4.35. The lowest BCUT2D eigenvalue weighted by Gasteiger charge is -2.26. The normalized spacial score (nSPS) is 19.1. The zero-order valence-corrected chi connectivity index (χ0v) is 11.8. The third-order valence-electron chi connectivity index (χ3n) is 3.52. The van der Waals surface area contributed by atoms with Crippen molar-refractivity contribution < 1.29 is 22.7 Å². The van der Waals surface area contributed by atoms with Crippen molar-refractivity contribution in [1.82, 2.24) is 4.57 Å².